The molecule has 0 spiro atoms. The van der Waals surface area contributed by atoms with Gasteiger partial charge in [-0.2, -0.15) is 5.10 Å². The molecule has 6 nitrogen and oxygen atoms in total. The number of rotatable bonds is 2. The lowest BCUT2D eigenvalue weighted by atomic mass is 10.2. The zero-order chi connectivity index (χ0) is 14.8. The maximum atomic E-state index is 11.8. The molecule has 0 fully saturated rings. The Morgan fingerprint density at radius 2 is 2.11 bits per heavy atom. The molecular formula is C12H18ClN3O3. The summed E-state index contributed by atoms with van der Waals surface area (Å²) in [6.07, 6.45) is 0.981. The van der Waals surface area contributed by atoms with Crippen molar-refractivity contribution in [1.29, 1.82) is 0 Å². The molecule has 0 radical (unpaired) electrons. The van der Waals surface area contributed by atoms with E-state index in [1.807, 2.05) is 0 Å². The van der Waals surface area contributed by atoms with Gasteiger partial charge in [0.25, 0.3) is 5.56 Å². The van der Waals surface area contributed by atoms with E-state index < -0.39 is 17.3 Å². The fourth-order valence-electron chi connectivity index (χ4n) is 1.31. The van der Waals surface area contributed by atoms with Gasteiger partial charge in [-0.05, 0) is 20.8 Å². The van der Waals surface area contributed by atoms with Gasteiger partial charge in [0.2, 0.25) is 0 Å². The highest BCUT2D eigenvalue weighted by Gasteiger charge is 2.20. The number of halogens is 1. The molecule has 0 aliphatic rings. The summed E-state index contributed by atoms with van der Waals surface area (Å²) in [4.78, 5) is 24.7. The average Bonchev–Trinajstić information content (AvgIpc) is 2.27. The van der Waals surface area contributed by atoms with Crippen LogP contribution in [0.2, 0.25) is 5.02 Å². The Kier molecular flexibility index (Phi) is 4.57. The first-order valence-corrected chi connectivity index (χ1v) is 6.14. The fourth-order valence-corrected chi connectivity index (χ4v) is 1.55. The number of amides is 1. The normalized spacial score (nSPS) is 11.3. The van der Waals surface area contributed by atoms with Crippen LogP contribution in [0.4, 0.5) is 4.79 Å². The first-order chi connectivity index (χ1) is 8.61. The van der Waals surface area contributed by atoms with Crippen molar-refractivity contribution in [1.82, 2.24) is 14.7 Å². The van der Waals surface area contributed by atoms with Crippen LogP contribution in [0.3, 0.4) is 0 Å². The van der Waals surface area contributed by atoms with E-state index in [0.29, 0.717) is 5.56 Å². The third-order valence-electron chi connectivity index (χ3n) is 2.26. The second-order valence-corrected chi connectivity index (χ2v) is 5.63. The van der Waals surface area contributed by atoms with E-state index in [1.165, 1.54) is 18.1 Å². The second kappa shape index (κ2) is 5.61. The Morgan fingerprint density at radius 3 is 2.63 bits per heavy atom. The van der Waals surface area contributed by atoms with Crippen LogP contribution in [0, 0.1) is 0 Å². The number of aromatic nitrogens is 2. The molecule has 0 aromatic carbocycles. The Balaban J connectivity index is 2.83. The predicted molar refractivity (Wildman–Crippen MR) is 72.2 cm³/mol. The van der Waals surface area contributed by atoms with E-state index in [0.717, 1.165) is 4.68 Å². The topological polar surface area (TPSA) is 64.4 Å². The molecule has 19 heavy (non-hydrogen) atoms. The molecule has 0 aliphatic carbocycles. The van der Waals surface area contributed by atoms with Crippen LogP contribution in [-0.4, -0.2) is 33.4 Å². The Hall–Kier alpha value is -1.56. The molecule has 0 saturated heterocycles. The number of carbonyl (C=O) groups excluding carboxylic acids is 1. The van der Waals surface area contributed by atoms with Crippen molar-refractivity contribution in [3.05, 3.63) is 27.1 Å². The summed E-state index contributed by atoms with van der Waals surface area (Å²) < 4.78 is 6.34. The number of hydrogen-bond donors (Lipinski definition) is 0. The van der Waals surface area contributed by atoms with Crippen molar-refractivity contribution in [2.75, 3.05) is 7.05 Å². The summed E-state index contributed by atoms with van der Waals surface area (Å²) in [6, 6.07) is 0. The third kappa shape index (κ3) is 4.24. The second-order valence-electron chi connectivity index (χ2n) is 5.25. The van der Waals surface area contributed by atoms with Gasteiger partial charge in [0, 0.05) is 19.7 Å². The lowest BCUT2D eigenvalue weighted by molar-refractivity contribution is 0.0285. The monoisotopic (exact) mass is 287 g/mol. The average molecular weight is 288 g/mol. The van der Waals surface area contributed by atoms with Gasteiger partial charge < -0.3 is 9.64 Å². The Labute approximate surface area is 116 Å². The van der Waals surface area contributed by atoms with E-state index in [-0.39, 0.29) is 11.6 Å². The molecule has 1 aromatic rings. The standard InChI is InChI=1S/C12H18ClN3O3/c1-12(2,3)19-11(18)15(4)7-8-6-14-16(5)10(17)9(8)13/h6H,7H2,1-5H3. The van der Waals surface area contributed by atoms with Crippen molar-refractivity contribution in [2.45, 2.75) is 32.9 Å². The minimum absolute atomic E-state index is 0.0629. The smallest absolute Gasteiger partial charge is 0.410 e. The summed E-state index contributed by atoms with van der Waals surface area (Å²) >= 11 is 5.93. The molecule has 106 valence electrons. The molecule has 0 unspecified atom stereocenters. The zero-order valence-electron chi connectivity index (χ0n) is 11.7. The van der Waals surface area contributed by atoms with Crippen LogP contribution in [0.1, 0.15) is 26.3 Å². The number of hydrogen-bond acceptors (Lipinski definition) is 4. The quantitative estimate of drug-likeness (QED) is 0.832. The van der Waals surface area contributed by atoms with Crippen molar-refractivity contribution < 1.29 is 9.53 Å². The van der Waals surface area contributed by atoms with E-state index in [4.69, 9.17) is 16.3 Å². The molecule has 0 N–H and O–H groups in total. The first kappa shape index (κ1) is 15.5. The molecule has 1 rings (SSSR count). The Morgan fingerprint density at radius 1 is 1.53 bits per heavy atom. The van der Waals surface area contributed by atoms with Crippen molar-refractivity contribution >= 4 is 17.7 Å². The Bertz CT molecular complexity index is 534. The molecule has 0 bridgehead atoms. The molecule has 1 heterocycles. The van der Waals surface area contributed by atoms with Crippen LogP contribution in [0.25, 0.3) is 0 Å². The number of carbonyl (C=O) groups is 1. The van der Waals surface area contributed by atoms with Gasteiger partial charge in [-0.3, -0.25) is 4.79 Å². The van der Waals surface area contributed by atoms with Gasteiger partial charge in [-0.15, -0.1) is 0 Å². The molecule has 1 aromatic heterocycles. The van der Waals surface area contributed by atoms with Gasteiger partial charge in [-0.1, -0.05) is 11.6 Å². The van der Waals surface area contributed by atoms with E-state index in [2.05, 4.69) is 5.10 Å². The first-order valence-electron chi connectivity index (χ1n) is 5.76. The van der Waals surface area contributed by atoms with Crippen LogP contribution < -0.4 is 5.56 Å². The number of aryl methyl sites for hydroxylation is 1. The van der Waals surface area contributed by atoms with Gasteiger partial charge in [0.15, 0.2) is 0 Å². The molecule has 0 atom stereocenters. The van der Waals surface area contributed by atoms with E-state index in [9.17, 15) is 9.59 Å². The largest absolute Gasteiger partial charge is 0.444 e. The van der Waals surface area contributed by atoms with Crippen molar-refractivity contribution in [3.8, 4) is 0 Å². The summed E-state index contributed by atoms with van der Waals surface area (Å²) in [5, 5.41) is 3.93. The molecular weight excluding hydrogens is 270 g/mol. The van der Waals surface area contributed by atoms with Gasteiger partial charge in [0.05, 0.1) is 12.7 Å². The fraction of sp³-hybridized carbons (Fsp3) is 0.583. The number of nitrogens with zero attached hydrogens (tertiary/aromatic N) is 3. The highest BCUT2D eigenvalue weighted by atomic mass is 35.5. The summed E-state index contributed by atoms with van der Waals surface area (Å²) in [5.74, 6) is 0. The van der Waals surface area contributed by atoms with Crippen LogP contribution in [0.15, 0.2) is 11.0 Å². The van der Waals surface area contributed by atoms with Crippen LogP contribution in [0.5, 0.6) is 0 Å². The molecule has 0 aliphatic heterocycles. The van der Waals surface area contributed by atoms with Crippen molar-refractivity contribution in [3.63, 3.8) is 0 Å². The lowest BCUT2D eigenvalue weighted by Crippen LogP contribution is -2.34. The van der Waals surface area contributed by atoms with Crippen LogP contribution >= 0.6 is 11.6 Å². The van der Waals surface area contributed by atoms with Gasteiger partial charge in [0.1, 0.15) is 10.6 Å². The number of ether oxygens (including phenoxy) is 1. The van der Waals surface area contributed by atoms with Crippen molar-refractivity contribution in [2.24, 2.45) is 7.05 Å². The predicted octanol–water partition coefficient (Wildman–Crippen LogP) is 1.80. The summed E-state index contributed by atoms with van der Waals surface area (Å²) in [7, 11) is 3.08. The molecule has 0 saturated carbocycles. The van der Waals surface area contributed by atoms with E-state index >= 15 is 0 Å². The highest BCUT2D eigenvalue weighted by molar-refractivity contribution is 6.31. The summed E-state index contributed by atoms with van der Waals surface area (Å²) in [6.45, 7) is 5.51. The molecule has 1 amide bonds. The van der Waals surface area contributed by atoms with E-state index in [1.54, 1.807) is 27.8 Å². The zero-order valence-corrected chi connectivity index (χ0v) is 12.5. The van der Waals surface area contributed by atoms with Crippen LogP contribution in [-0.2, 0) is 18.3 Å². The highest BCUT2D eigenvalue weighted by Crippen LogP contribution is 2.14. The van der Waals surface area contributed by atoms with Gasteiger partial charge >= 0.3 is 6.09 Å². The van der Waals surface area contributed by atoms with Gasteiger partial charge in [-0.25, -0.2) is 9.48 Å². The minimum Gasteiger partial charge on any atom is -0.444 e. The molecule has 7 heteroatoms. The summed E-state index contributed by atoms with van der Waals surface area (Å²) in [5.41, 5.74) is -0.477. The maximum Gasteiger partial charge on any atom is 0.410 e. The third-order valence-corrected chi connectivity index (χ3v) is 2.67. The lowest BCUT2D eigenvalue weighted by Gasteiger charge is -2.24. The SMILES string of the molecule is CN(Cc1cnn(C)c(=O)c1Cl)C(=O)OC(C)(C)C. The maximum absolute atomic E-state index is 11.8. The minimum atomic E-state index is -0.569.